The standard InChI is InChI=1S/C7H15N3O/c1-5-6(2)11-4-3-10(5)7(8)9/h5-6H,3-4H2,1-2H3,(H3,8,9). The van der Waals surface area contributed by atoms with Gasteiger partial charge in [-0.05, 0) is 13.8 Å². The number of guanidine groups is 1. The highest BCUT2D eigenvalue weighted by molar-refractivity contribution is 5.75. The van der Waals surface area contributed by atoms with Crippen LogP contribution >= 0.6 is 0 Å². The Morgan fingerprint density at radius 1 is 1.64 bits per heavy atom. The van der Waals surface area contributed by atoms with Crippen LogP contribution in [-0.4, -0.2) is 36.2 Å². The lowest BCUT2D eigenvalue weighted by atomic mass is 10.1. The van der Waals surface area contributed by atoms with Crippen molar-refractivity contribution in [1.82, 2.24) is 4.90 Å². The molecule has 0 bridgehead atoms. The fourth-order valence-corrected chi connectivity index (χ4v) is 1.27. The molecule has 2 atom stereocenters. The van der Waals surface area contributed by atoms with Crippen LogP contribution in [0.1, 0.15) is 13.8 Å². The lowest BCUT2D eigenvalue weighted by Crippen LogP contribution is -2.53. The molecule has 1 aliphatic rings. The molecule has 0 saturated carbocycles. The van der Waals surface area contributed by atoms with Gasteiger partial charge in [0.1, 0.15) is 0 Å². The molecule has 4 heteroatoms. The monoisotopic (exact) mass is 157 g/mol. The predicted molar refractivity (Wildman–Crippen MR) is 43.5 cm³/mol. The van der Waals surface area contributed by atoms with Crippen molar-refractivity contribution in [2.24, 2.45) is 5.73 Å². The van der Waals surface area contributed by atoms with E-state index in [4.69, 9.17) is 15.9 Å². The van der Waals surface area contributed by atoms with Crippen LogP contribution in [0.2, 0.25) is 0 Å². The molecule has 0 amide bonds. The Balaban J connectivity index is 2.58. The molecule has 0 aliphatic carbocycles. The first-order chi connectivity index (χ1) is 5.13. The van der Waals surface area contributed by atoms with Gasteiger partial charge >= 0.3 is 0 Å². The molecule has 2 unspecified atom stereocenters. The minimum Gasteiger partial charge on any atom is -0.375 e. The Morgan fingerprint density at radius 3 is 2.73 bits per heavy atom. The van der Waals surface area contributed by atoms with Gasteiger partial charge in [-0.15, -0.1) is 0 Å². The maximum absolute atomic E-state index is 7.26. The summed E-state index contributed by atoms with van der Waals surface area (Å²) < 4.78 is 5.38. The Morgan fingerprint density at radius 2 is 2.27 bits per heavy atom. The van der Waals surface area contributed by atoms with Gasteiger partial charge in [0.25, 0.3) is 0 Å². The predicted octanol–water partition coefficient (Wildman–Crippen LogP) is -0.0109. The molecule has 0 radical (unpaired) electrons. The number of hydrogen-bond acceptors (Lipinski definition) is 2. The van der Waals surface area contributed by atoms with Crippen molar-refractivity contribution < 1.29 is 4.74 Å². The molecule has 1 fully saturated rings. The molecule has 11 heavy (non-hydrogen) atoms. The fourth-order valence-electron chi connectivity index (χ4n) is 1.27. The third kappa shape index (κ3) is 1.63. The largest absolute Gasteiger partial charge is 0.375 e. The number of nitrogens with two attached hydrogens (primary N) is 1. The third-order valence-electron chi connectivity index (χ3n) is 2.19. The second-order valence-electron chi connectivity index (χ2n) is 2.90. The van der Waals surface area contributed by atoms with Crippen LogP contribution in [-0.2, 0) is 4.74 Å². The number of ether oxygens (including phenoxy) is 1. The van der Waals surface area contributed by atoms with Crippen LogP contribution in [0.3, 0.4) is 0 Å². The lowest BCUT2D eigenvalue weighted by Gasteiger charge is -2.37. The smallest absolute Gasteiger partial charge is 0.188 e. The van der Waals surface area contributed by atoms with Crippen LogP contribution in [0.5, 0.6) is 0 Å². The summed E-state index contributed by atoms with van der Waals surface area (Å²) in [6, 6.07) is 0.223. The van der Waals surface area contributed by atoms with Gasteiger partial charge in [-0.3, -0.25) is 5.41 Å². The number of nitrogens with one attached hydrogen (secondary N) is 1. The van der Waals surface area contributed by atoms with E-state index in [1.54, 1.807) is 0 Å². The zero-order valence-electron chi connectivity index (χ0n) is 7.00. The molecule has 1 aliphatic heterocycles. The van der Waals surface area contributed by atoms with E-state index in [0.717, 1.165) is 6.54 Å². The molecule has 0 aromatic rings. The zero-order valence-corrected chi connectivity index (χ0v) is 7.00. The summed E-state index contributed by atoms with van der Waals surface area (Å²) in [6.07, 6.45) is 0.174. The van der Waals surface area contributed by atoms with Crippen LogP contribution in [0.4, 0.5) is 0 Å². The second kappa shape index (κ2) is 3.09. The van der Waals surface area contributed by atoms with Crippen molar-refractivity contribution in [2.75, 3.05) is 13.2 Å². The summed E-state index contributed by atoms with van der Waals surface area (Å²) >= 11 is 0. The highest BCUT2D eigenvalue weighted by atomic mass is 16.5. The molecule has 4 nitrogen and oxygen atoms in total. The van der Waals surface area contributed by atoms with Gasteiger partial charge in [-0.25, -0.2) is 0 Å². The zero-order chi connectivity index (χ0) is 8.43. The number of nitrogens with zero attached hydrogens (tertiary/aromatic N) is 1. The molecule has 1 saturated heterocycles. The van der Waals surface area contributed by atoms with Crippen molar-refractivity contribution in [3.63, 3.8) is 0 Å². The van der Waals surface area contributed by atoms with Crippen LogP contribution in [0.15, 0.2) is 0 Å². The molecule has 1 heterocycles. The molecular formula is C7H15N3O. The summed E-state index contributed by atoms with van der Waals surface area (Å²) in [6.45, 7) is 5.43. The highest BCUT2D eigenvalue weighted by Crippen LogP contribution is 2.11. The van der Waals surface area contributed by atoms with E-state index in [-0.39, 0.29) is 18.1 Å². The van der Waals surface area contributed by atoms with Crippen LogP contribution in [0, 0.1) is 5.41 Å². The van der Waals surface area contributed by atoms with Gasteiger partial charge in [-0.2, -0.15) is 0 Å². The number of rotatable bonds is 0. The van der Waals surface area contributed by atoms with Crippen LogP contribution < -0.4 is 5.73 Å². The average Bonchev–Trinajstić information content (AvgIpc) is 1.94. The van der Waals surface area contributed by atoms with Crippen molar-refractivity contribution in [1.29, 1.82) is 5.41 Å². The van der Waals surface area contributed by atoms with E-state index in [0.29, 0.717) is 6.61 Å². The van der Waals surface area contributed by atoms with E-state index < -0.39 is 0 Å². The van der Waals surface area contributed by atoms with Gasteiger partial charge in [0.05, 0.1) is 18.8 Å². The molecule has 1 rings (SSSR count). The molecule has 0 spiro atoms. The maximum atomic E-state index is 7.26. The summed E-state index contributed by atoms with van der Waals surface area (Å²) in [5, 5.41) is 7.26. The molecule has 0 aromatic heterocycles. The number of hydrogen-bond donors (Lipinski definition) is 2. The minimum atomic E-state index is 0.146. The topological polar surface area (TPSA) is 62.3 Å². The number of morpholine rings is 1. The van der Waals surface area contributed by atoms with Crippen molar-refractivity contribution >= 4 is 5.96 Å². The van der Waals surface area contributed by atoms with Crippen LogP contribution in [0.25, 0.3) is 0 Å². The van der Waals surface area contributed by atoms with E-state index in [1.165, 1.54) is 0 Å². The normalized spacial score (nSPS) is 32.0. The Hall–Kier alpha value is -0.770. The minimum absolute atomic E-state index is 0.146. The summed E-state index contributed by atoms with van der Waals surface area (Å²) in [5.41, 5.74) is 5.37. The van der Waals surface area contributed by atoms with Gasteiger partial charge < -0.3 is 15.4 Å². The Bertz CT molecular complexity index is 160. The highest BCUT2D eigenvalue weighted by Gasteiger charge is 2.25. The van der Waals surface area contributed by atoms with Crippen molar-refractivity contribution in [3.8, 4) is 0 Å². The first-order valence-corrected chi connectivity index (χ1v) is 3.85. The fraction of sp³-hybridized carbons (Fsp3) is 0.857. The summed E-state index contributed by atoms with van der Waals surface area (Å²) in [5.74, 6) is 0.146. The third-order valence-corrected chi connectivity index (χ3v) is 2.19. The van der Waals surface area contributed by atoms with Crippen molar-refractivity contribution in [2.45, 2.75) is 26.0 Å². The SMILES string of the molecule is CC1OCCN(C(=N)N)C1C. The molecule has 3 N–H and O–H groups in total. The summed E-state index contributed by atoms with van der Waals surface area (Å²) in [4.78, 5) is 1.86. The van der Waals surface area contributed by atoms with E-state index in [2.05, 4.69) is 0 Å². The van der Waals surface area contributed by atoms with Gasteiger partial charge in [0.2, 0.25) is 0 Å². The Labute approximate surface area is 66.8 Å². The first-order valence-electron chi connectivity index (χ1n) is 3.85. The van der Waals surface area contributed by atoms with Crippen molar-refractivity contribution in [3.05, 3.63) is 0 Å². The van der Waals surface area contributed by atoms with Gasteiger partial charge in [0, 0.05) is 6.54 Å². The van der Waals surface area contributed by atoms with E-state index in [1.807, 2.05) is 18.7 Å². The maximum Gasteiger partial charge on any atom is 0.188 e. The van der Waals surface area contributed by atoms with E-state index in [9.17, 15) is 0 Å². The summed E-state index contributed by atoms with van der Waals surface area (Å²) in [7, 11) is 0. The Kier molecular flexibility index (Phi) is 2.34. The second-order valence-corrected chi connectivity index (χ2v) is 2.90. The van der Waals surface area contributed by atoms with Gasteiger partial charge in [0.15, 0.2) is 5.96 Å². The molecular weight excluding hydrogens is 142 g/mol. The molecule has 0 aromatic carbocycles. The molecule has 64 valence electrons. The first kappa shape index (κ1) is 8.33. The lowest BCUT2D eigenvalue weighted by molar-refractivity contribution is -0.0291. The quantitative estimate of drug-likeness (QED) is 0.384. The average molecular weight is 157 g/mol. The van der Waals surface area contributed by atoms with Gasteiger partial charge in [-0.1, -0.05) is 0 Å². The van der Waals surface area contributed by atoms with E-state index >= 15 is 0 Å².